The molecule has 1 aromatic carbocycles. The molecule has 1 atom stereocenters. The number of rotatable bonds is 4. The average molecular weight is 263 g/mol. The fourth-order valence-electron chi connectivity index (χ4n) is 2.61. The Morgan fingerprint density at radius 1 is 1.42 bits per heavy atom. The summed E-state index contributed by atoms with van der Waals surface area (Å²) in [4.78, 5) is 0. The van der Waals surface area contributed by atoms with Crippen molar-refractivity contribution >= 4 is 0 Å². The van der Waals surface area contributed by atoms with Gasteiger partial charge in [0.2, 0.25) is 0 Å². The lowest BCUT2D eigenvalue weighted by atomic mass is 9.89. The van der Waals surface area contributed by atoms with Gasteiger partial charge < -0.3 is 14.8 Å². The molecule has 0 radical (unpaired) electrons. The van der Waals surface area contributed by atoms with E-state index in [2.05, 4.69) is 32.2 Å². The predicted octanol–water partition coefficient (Wildman–Crippen LogP) is 3.69. The van der Waals surface area contributed by atoms with Crippen molar-refractivity contribution in [2.75, 3.05) is 6.54 Å². The Morgan fingerprint density at radius 3 is 2.79 bits per heavy atom. The van der Waals surface area contributed by atoms with Gasteiger partial charge in [-0.25, -0.2) is 0 Å². The first kappa shape index (κ1) is 14.2. The minimum atomic E-state index is -0.143. The van der Waals surface area contributed by atoms with Crippen LogP contribution in [-0.4, -0.2) is 18.2 Å². The number of ether oxygens (including phenoxy) is 2. The Bertz CT molecular complexity index is 440. The lowest BCUT2D eigenvalue weighted by molar-refractivity contribution is 0.0659. The van der Waals surface area contributed by atoms with Gasteiger partial charge >= 0.3 is 0 Å². The largest absolute Gasteiger partial charge is 0.491 e. The number of fused-ring (bicyclic) bond motifs is 1. The van der Waals surface area contributed by atoms with E-state index in [0.717, 1.165) is 24.5 Å². The van der Waals surface area contributed by atoms with E-state index in [1.54, 1.807) is 0 Å². The Balaban J connectivity index is 2.31. The fraction of sp³-hybridized carbons (Fsp3) is 0.625. The zero-order valence-corrected chi connectivity index (χ0v) is 12.6. The first-order chi connectivity index (χ1) is 8.91. The Morgan fingerprint density at radius 2 is 2.16 bits per heavy atom. The van der Waals surface area contributed by atoms with E-state index in [1.165, 1.54) is 5.56 Å². The number of hydrogen-bond acceptors (Lipinski definition) is 3. The van der Waals surface area contributed by atoms with Crippen LogP contribution in [0.15, 0.2) is 18.2 Å². The van der Waals surface area contributed by atoms with Gasteiger partial charge in [-0.05, 0) is 40.3 Å². The van der Waals surface area contributed by atoms with Gasteiger partial charge in [0.1, 0.15) is 17.1 Å². The van der Waals surface area contributed by atoms with Crippen LogP contribution in [0.4, 0.5) is 0 Å². The molecule has 0 aliphatic carbocycles. The van der Waals surface area contributed by atoms with Crippen LogP contribution in [-0.2, 0) is 0 Å². The van der Waals surface area contributed by atoms with E-state index in [-0.39, 0.29) is 11.7 Å². The number of hydrogen-bond donors (Lipinski definition) is 1. The van der Waals surface area contributed by atoms with E-state index >= 15 is 0 Å². The maximum Gasteiger partial charge on any atom is 0.128 e. The van der Waals surface area contributed by atoms with Crippen LogP contribution in [0.1, 0.15) is 52.6 Å². The van der Waals surface area contributed by atoms with Gasteiger partial charge in [-0.1, -0.05) is 13.0 Å². The maximum absolute atomic E-state index is 6.10. The molecule has 1 unspecified atom stereocenters. The van der Waals surface area contributed by atoms with Crippen LogP contribution in [0.5, 0.6) is 11.5 Å². The molecule has 19 heavy (non-hydrogen) atoms. The Hall–Kier alpha value is -1.22. The van der Waals surface area contributed by atoms with Crippen LogP contribution >= 0.6 is 0 Å². The van der Waals surface area contributed by atoms with Crippen LogP contribution in [0.3, 0.4) is 0 Å². The molecule has 0 spiro atoms. The van der Waals surface area contributed by atoms with Gasteiger partial charge in [0, 0.05) is 24.1 Å². The Kier molecular flexibility index (Phi) is 4.04. The number of benzene rings is 1. The first-order valence-corrected chi connectivity index (χ1v) is 7.14. The lowest BCUT2D eigenvalue weighted by Crippen LogP contribution is -2.39. The molecule has 2 rings (SSSR count). The van der Waals surface area contributed by atoms with Crippen molar-refractivity contribution in [1.29, 1.82) is 0 Å². The summed E-state index contributed by atoms with van der Waals surface area (Å²) in [5.74, 6) is 1.82. The molecule has 0 amide bonds. The molecule has 0 fully saturated rings. The minimum absolute atomic E-state index is 0.143. The van der Waals surface area contributed by atoms with Crippen molar-refractivity contribution in [1.82, 2.24) is 5.32 Å². The molecule has 0 saturated heterocycles. The third-order valence-electron chi connectivity index (χ3n) is 3.26. The maximum atomic E-state index is 6.10. The minimum Gasteiger partial charge on any atom is -0.491 e. The average Bonchev–Trinajstić information content (AvgIpc) is 2.26. The summed E-state index contributed by atoms with van der Waals surface area (Å²) in [7, 11) is 0. The highest BCUT2D eigenvalue weighted by molar-refractivity contribution is 5.44. The summed E-state index contributed by atoms with van der Waals surface area (Å²) in [6.07, 6.45) is 1.16. The lowest BCUT2D eigenvalue weighted by Gasteiger charge is -2.38. The quantitative estimate of drug-likeness (QED) is 0.898. The molecule has 0 bridgehead atoms. The predicted molar refractivity (Wildman–Crippen MR) is 77.9 cm³/mol. The zero-order valence-electron chi connectivity index (χ0n) is 12.6. The molecule has 3 nitrogen and oxygen atoms in total. The van der Waals surface area contributed by atoms with Gasteiger partial charge in [0.25, 0.3) is 0 Å². The fourth-order valence-corrected chi connectivity index (χ4v) is 2.61. The molecule has 1 heterocycles. The third kappa shape index (κ3) is 3.41. The molecule has 1 aromatic rings. The molecule has 1 aliphatic heterocycles. The van der Waals surface area contributed by atoms with Crippen molar-refractivity contribution in [2.24, 2.45) is 0 Å². The van der Waals surface area contributed by atoms with E-state index in [9.17, 15) is 0 Å². The molecule has 106 valence electrons. The van der Waals surface area contributed by atoms with Crippen LogP contribution in [0, 0.1) is 0 Å². The summed E-state index contributed by atoms with van der Waals surface area (Å²) < 4.78 is 11.8. The van der Waals surface area contributed by atoms with Gasteiger partial charge in [0.15, 0.2) is 0 Å². The van der Waals surface area contributed by atoms with Crippen LogP contribution in [0.2, 0.25) is 0 Å². The second kappa shape index (κ2) is 5.41. The van der Waals surface area contributed by atoms with E-state index in [1.807, 2.05) is 26.0 Å². The normalized spacial score (nSPS) is 20.8. The second-order valence-corrected chi connectivity index (χ2v) is 6.04. The van der Waals surface area contributed by atoms with Gasteiger partial charge in [-0.3, -0.25) is 0 Å². The third-order valence-corrected chi connectivity index (χ3v) is 3.26. The van der Waals surface area contributed by atoms with E-state index in [4.69, 9.17) is 9.47 Å². The van der Waals surface area contributed by atoms with Crippen molar-refractivity contribution < 1.29 is 9.47 Å². The molecule has 1 aliphatic rings. The molecule has 0 saturated carbocycles. The van der Waals surface area contributed by atoms with Crippen molar-refractivity contribution in [3.8, 4) is 11.5 Å². The number of nitrogens with one attached hydrogen (secondary N) is 1. The molecule has 1 N–H and O–H groups in total. The van der Waals surface area contributed by atoms with Crippen LogP contribution < -0.4 is 14.8 Å². The first-order valence-electron chi connectivity index (χ1n) is 7.14. The van der Waals surface area contributed by atoms with Crippen molar-refractivity contribution in [3.05, 3.63) is 23.8 Å². The second-order valence-electron chi connectivity index (χ2n) is 6.04. The van der Waals surface area contributed by atoms with Crippen molar-refractivity contribution in [2.45, 2.75) is 58.8 Å². The highest BCUT2D eigenvalue weighted by Gasteiger charge is 2.33. The highest BCUT2D eigenvalue weighted by atomic mass is 16.5. The summed E-state index contributed by atoms with van der Waals surface area (Å²) in [5.41, 5.74) is 1.09. The molecular weight excluding hydrogens is 238 g/mol. The molecular formula is C16H25NO2. The summed E-state index contributed by atoms with van der Waals surface area (Å²) in [6, 6.07) is 6.53. The van der Waals surface area contributed by atoms with Gasteiger partial charge in [-0.2, -0.15) is 0 Å². The topological polar surface area (TPSA) is 30.5 Å². The summed E-state index contributed by atoms with van der Waals surface area (Å²) in [5, 5.41) is 3.54. The summed E-state index contributed by atoms with van der Waals surface area (Å²) >= 11 is 0. The monoisotopic (exact) mass is 263 g/mol. The SMILES string of the molecule is CCNC1CC(C)(C)Oc2cc(OC(C)C)ccc21. The standard InChI is InChI=1S/C16H25NO2/c1-6-17-14-10-16(4,5)19-15-9-12(18-11(2)3)7-8-13(14)15/h7-9,11,14,17H,6,10H2,1-5H3. The van der Waals surface area contributed by atoms with Crippen LogP contribution in [0.25, 0.3) is 0 Å². The smallest absolute Gasteiger partial charge is 0.128 e. The molecule has 3 heteroatoms. The zero-order chi connectivity index (χ0) is 14.0. The van der Waals surface area contributed by atoms with Gasteiger partial charge in [0.05, 0.1) is 6.10 Å². The van der Waals surface area contributed by atoms with Gasteiger partial charge in [-0.15, -0.1) is 0 Å². The van der Waals surface area contributed by atoms with Crippen molar-refractivity contribution in [3.63, 3.8) is 0 Å². The highest BCUT2D eigenvalue weighted by Crippen LogP contribution is 2.41. The Labute approximate surface area is 116 Å². The van der Waals surface area contributed by atoms with E-state index in [0.29, 0.717) is 6.04 Å². The van der Waals surface area contributed by atoms with E-state index < -0.39 is 0 Å². The summed E-state index contributed by atoms with van der Waals surface area (Å²) in [6.45, 7) is 11.4. The molecule has 0 aromatic heterocycles.